The van der Waals surface area contributed by atoms with Crippen LogP contribution in [0, 0.1) is 18.8 Å². The Bertz CT molecular complexity index is 756. The van der Waals surface area contributed by atoms with Crippen molar-refractivity contribution in [1.82, 2.24) is 10.3 Å². The van der Waals surface area contributed by atoms with Crippen molar-refractivity contribution in [3.63, 3.8) is 0 Å². The second-order valence-corrected chi connectivity index (χ2v) is 7.92. The number of benzene rings is 1. The first-order valence-corrected chi connectivity index (χ1v) is 9.83. The van der Waals surface area contributed by atoms with Gasteiger partial charge in [-0.25, -0.2) is 4.98 Å². The zero-order chi connectivity index (χ0) is 19.8. The third kappa shape index (κ3) is 7.38. The Hall–Kier alpha value is -2.41. The summed E-state index contributed by atoms with van der Waals surface area (Å²) in [4.78, 5) is 27.7. The van der Waals surface area contributed by atoms with Gasteiger partial charge in [0.25, 0.3) is 0 Å². The average molecular weight is 391 g/mol. The van der Waals surface area contributed by atoms with Gasteiger partial charge in [-0.05, 0) is 31.4 Å². The molecule has 1 aromatic carbocycles. The van der Waals surface area contributed by atoms with Gasteiger partial charge in [-0.1, -0.05) is 31.5 Å². The Morgan fingerprint density at radius 1 is 1.26 bits per heavy atom. The highest BCUT2D eigenvalue weighted by Gasteiger charge is 2.20. The standard InChI is InChI=1S/C20H26N2O4S/c1-13(2)8-15(20(24)25)10-21-18(23)9-16-12-27-19(22-16)11-26-17-6-4-14(3)5-7-17/h4-7,12-13,15H,8-11H2,1-3H3,(H,21,23)(H,24,25). The number of aliphatic carboxylic acids is 1. The highest BCUT2D eigenvalue weighted by Crippen LogP contribution is 2.16. The number of thiazole rings is 1. The van der Waals surface area contributed by atoms with Crippen molar-refractivity contribution < 1.29 is 19.4 Å². The van der Waals surface area contributed by atoms with Crippen LogP contribution in [0.1, 0.15) is 36.5 Å². The third-order valence-corrected chi connectivity index (χ3v) is 4.85. The average Bonchev–Trinajstić information content (AvgIpc) is 3.05. The molecule has 0 radical (unpaired) electrons. The fraction of sp³-hybridized carbons (Fsp3) is 0.450. The largest absolute Gasteiger partial charge is 0.486 e. The van der Waals surface area contributed by atoms with Crippen LogP contribution in [0.5, 0.6) is 5.75 Å². The van der Waals surface area contributed by atoms with E-state index in [1.165, 1.54) is 16.9 Å². The molecular weight excluding hydrogens is 364 g/mol. The minimum absolute atomic E-state index is 0.134. The smallest absolute Gasteiger partial charge is 0.308 e. The van der Waals surface area contributed by atoms with Crippen LogP contribution in [-0.4, -0.2) is 28.5 Å². The molecule has 0 saturated heterocycles. The number of carboxylic acids is 1. The van der Waals surface area contributed by atoms with E-state index in [1.54, 1.807) is 0 Å². The van der Waals surface area contributed by atoms with E-state index in [-0.39, 0.29) is 24.8 Å². The number of nitrogens with one attached hydrogen (secondary N) is 1. The van der Waals surface area contributed by atoms with Crippen LogP contribution < -0.4 is 10.1 Å². The number of carbonyl (C=O) groups excluding carboxylic acids is 1. The summed E-state index contributed by atoms with van der Waals surface area (Å²) in [6, 6.07) is 7.79. The lowest BCUT2D eigenvalue weighted by Gasteiger charge is -2.15. The fourth-order valence-corrected chi connectivity index (χ4v) is 3.29. The SMILES string of the molecule is Cc1ccc(OCc2nc(CC(=O)NCC(CC(C)C)C(=O)O)cs2)cc1. The molecule has 2 rings (SSSR count). The summed E-state index contributed by atoms with van der Waals surface area (Å²) < 4.78 is 5.69. The van der Waals surface area contributed by atoms with E-state index >= 15 is 0 Å². The van der Waals surface area contributed by atoms with Gasteiger partial charge in [0.2, 0.25) is 5.91 Å². The molecule has 0 bridgehead atoms. The summed E-state index contributed by atoms with van der Waals surface area (Å²) in [5, 5.41) is 14.5. The number of hydrogen-bond acceptors (Lipinski definition) is 5. The van der Waals surface area contributed by atoms with E-state index < -0.39 is 11.9 Å². The summed E-state index contributed by atoms with van der Waals surface area (Å²) in [6.45, 7) is 6.44. The van der Waals surface area contributed by atoms with Crippen molar-refractivity contribution in [3.05, 3.63) is 45.9 Å². The number of carbonyl (C=O) groups is 2. The van der Waals surface area contributed by atoms with Crippen LogP contribution in [0.15, 0.2) is 29.6 Å². The normalized spacial score (nSPS) is 12.0. The molecule has 2 aromatic rings. The van der Waals surface area contributed by atoms with E-state index in [1.807, 2.05) is 50.4 Å². The van der Waals surface area contributed by atoms with E-state index in [0.717, 1.165) is 10.8 Å². The zero-order valence-electron chi connectivity index (χ0n) is 15.9. The van der Waals surface area contributed by atoms with Gasteiger partial charge in [0.1, 0.15) is 17.4 Å². The van der Waals surface area contributed by atoms with Crippen molar-refractivity contribution in [2.75, 3.05) is 6.54 Å². The molecule has 146 valence electrons. The molecule has 7 heteroatoms. The van der Waals surface area contributed by atoms with Crippen LogP contribution in [0.3, 0.4) is 0 Å². The van der Waals surface area contributed by atoms with Gasteiger partial charge in [-0.2, -0.15) is 0 Å². The van der Waals surface area contributed by atoms with Gasteiger partial charge in [0.05, 0.1) is 18.0 Å². The molecule has 0 aliphatic rings. The number of rotatable bonds is 10. The number of nitrogens with zero attached hydrogens (tertiary/aromatic N) is 1. The minimum atomic E-state index is -0.881. The maximum atomic E-state index is 12.1. The number of hydrogen-bond donors (Lipinski definition) is 2. The van der Waals surface area contributed by atoms with Gasteiger partial charge >= 0.3 is 5.97 Å². The van der Waals surface area contributed by atoms with Crippen LogP contribution in [0.25, 0.3) is 0 Å². The molecule has 0 spiro atoms. The Kier molecular flexibility index (Phi) is 7.79. The van der Waals surface area contributed by atoms with E-state index in [9.17, 15) is 14.7 Å². The number of aryl methyl sites for hydroxylation is 1. The molecule has 0 fully saturated rings. The first kappa shape index (κ1) is 20.9. The van der Waals surface area contributed by atoms with Crippen LogP contribution >= 0.6 is 11.3 Å². The number of carboxylic acid groups (broad SMARTS) is 1. The molecule has 0 saturated carbocycles. The predicted octanol–water partition coefficient (Wildman–Crippen LogP) is 3.44. The Balaban J connectivity index is 1.79. The molecular formula is C20H26N2O4S. The minimum Gasteiger partial charge on any atom is -0.486 e. The Morgan fingerprint density at radius 2 is 1.96 bits per heavy atom. The van der Waals surface area contributed by atoms with Crippen molar-refractivity contribution in [2.45, 2.75) is 40.2 Å². The molecule has 1 heterocycles. The Morgan fingerprint density at radius 3 is 2.59 bits per heavy atom. The molecule has 0 aliphatic carbocycles. The van der Waals surface area contributed by atoms with E-state index in [0.29, 0.717) is 18.7 Å². The van der Waals surface area contributed by atoms with Crippen molar-refractivity contribution in [3.8, 4) is 5.75 Å². The van der Waals surface area contributed by atoms with Crippen LogP contribution in [-0.2, 0) is 22.6 Å². The number of amides is 1. The van der Waals surface area contributed by atoms with Gasteiger partial charge in [0.15, 0.2) is 0 Å². The van der Waals surface area contributed by atoms with E-state index in [2.05, 4.69) is 10.3 Å². The highest BCUT2D eigenvalue weighted by atomic mass is 32.1. The molecule has 1 unspecified atom stereocenters. The molecule has 1 amide bonds. The predicted molar refractivity (Wildman–Crippen MR) is 105 cm³/mol. The Labute approximate surface area is 163 Å². The molecule has 1 aromatic heterocycles. The highest BCUT2D eigenvalue weighted by molar-refractivity contribution is 7.09. The maximum Gasteiger partial charge on any atom is 0.308 e. The summed E-state index contributed by atoms with van der Waals surface area (Å²) in [6.07, 6.45) is 0.669. The lowest BCUT2D eigenvalue weighted by atomic mass is 9.97. The summed E-state index contributed by atoms with van der Waals surface area (Å²) in [5.74, 6) is -0.630. The molecule has 27 heavy (non-hydrogen) atoms. The monoisotopic (exact) mass is 390 g/mol. The number of ether oxygens (including phenoxy) is 1. The first-order chi connectivity index (χ1) is 12.8. The fourth-order valence-electron chi connectivity index (χ4n) is 2.58. The topological polar surface area (TPSA) is 88.5 Å². The van der Waals surface area contributed by atoms with Crippen molar-refractivity contribution in [2.24, 2.45) is 11.8 Å². The van der Waals surface area contributed by atoms with E-state index in [4.69, 9.17) is 4.74 Å². The van der Waals surface area contributed by atoms with Crippen LogP contribution in [0.2, 0.25) is 0 Å². The van der Waals surface area contributed by atoms with Crippen LogP contribution in [0.4, 0.5) is 0 Å². The zero-order valence-corrected chi connectivity index (χ0v) is 16.7. The second-order valence-electron chi connectivity index (χ2n) is 6.98. The van der Waals surface area contributed by atoms with Gasteiger partial charge < -0.3 is 15.2 Å². The summed E-state index contributed by atoms with van der Waals surface area (Å²) >= 11 is 1.44. The number of aromatic nitrogens is 1. The van der Waals surface area contributed by atoms with Crippen molar-refractivity contribution in [1.29, 1.82) is 0 Å². The summed E-state index contributed by atoms with van der Waals surface area (Å²) in [5.41, 5.74) is 1.83. The second kappa shape index (κ2) is 10.1. The maximum absolute atomic E-state index is 12.1. The van der Waals surface area contributed by atoms with Crippen molar-refractivity contribution >= 4 is 23.2 Å². The lowest BCUT2D eigenvalue weighted by Crippen LogP contribution is -2.34. The quantitative estimate of drug-likeness (QED) is 0.649. The third-order valence-electron chi connectivity index (χ3n) is 3.98. The molecule has 1 atom stereocenters. The molecule has 2 N–H and O–H groups in total. The first-order valence-electron chi connectivity index (χ1n) is 8.95. The molecule has 6 nitrogen and oxygen atoms in total. The van der Waals surface area contributed by atoms with Gasteiger partial charge in [-0.3, -0.25) is 9.59 Å². The lowest BCUT2D eigenvalue weighted by molar-refractivity contribution is -0.142. The molecule has 0 aliphatic heterocycles. The van der Waals surface area contributed by atoms with Gasteiger partial charge in [-0.15, -0.1) is 11.3 Å². The van der Waals surface area contributed by atoms with Gasteiger partial charge in [0, 0.05) is 11.9 Å². The summed E-state index contributed by atoms with van der Waals surface area (Å²) in [7, 11) is 0.